The van der Waals surface area contributed by atoms with E-state index in [2.05, 4.69) is 10.3 Å². The van der Waals surface area contributed by atoms with Gasteiger partial charge in [-0.1, -0.05) is 24.3 Å². The molecular formula is C26H25F2N3O4S. The highest BCUT2D eigenvalue weighted by atomic mass is 32.3. The van der Waals surface area contributed by atoms with Crippen molar-refractivity contribution in [2.24, 2.45) is 0 Å². The lowest BCUT2D eigenvalue weighted by Gasteiger charge is -2.23. The van der Waals surface area contributed by atoms with Gasteiger partial charge < -0.3 is 5.32 Å². The van der Waals surface area contributed by atoms with Crippen LogP contribution < -0.4 is 5.32 Å². The monoisotopic (exact) mass is 513 g/mol. The zero-order chi connectivity index (χ0) is 25.9. The van der Waals surface area contributed by atoms with Crippen LogP contribution in [0.5, 0.6) is 0 Å². The van der Waals surface area contributed by atoms with E-state index < -0.39 is 22.0 Å². The van der Waals surface area contributed by atoms with Crippen LogP contribution in [-0.2, 0) is 10.4 Å². The highest BCUT2D eigenvalue weighted by molar-refractivity contribution is 7.79. The second-order valence-corrected chi connectivity index (χ2v) is 9.46. The second-order valence-electron chi connectivity index (χ2n) is 8.56. The van der Waals surface area contributed by atoms with Gasteiger partial charge in [0.15, 0.2) is 0 Å². The second kappa shape index (κ2) is 10.8. The first kappa shape index (κ1) is 25.8. The molecule has 0 saturated carbocycles. The molecule has 0 radical (unpaired) electrons. The van der Waals surface area contributed by atoms with E-state index in [1.54, 1.807) is 6.20 Å². The number of piperidine rings is 1. The van der Waals surface area contributed by atoms with Gasteiger partial charge in [0.05, 0.1) is 11.2 Å². The minimum Gasteiger partial charge on any atom is -0.317 e. The maximum atomic E-state index is 14.8. The molecule has 1 aliphatic heterocycles. The minimum atomic E-state index is -4.67. The van der Waals surface area contributed by atoms with Gasteiger partial charge in [-0.3, -0.25) is 19.1 Å². The van der Waals surface area contributed by atoms with E-state index in [4.69, 9.17) is 22.5 Å². The fourth-order valence-corrected chi connectivity index (χ4v) is 4.46. The molecule has 4 aromatic rings. The molecule has 3 N–H and O–H groups in total. The lowest BCUT2D eigenvalue weighted by atomic mass is 9.90. The maximum absolute atomic E-state index is 14.8. The summed E-state index contributed by atoms with van der Waals surface area (Å²) in [6, 6.07) is 15.7. The number of hydrogen-bond donors (Lipinski definition) is 3. The highest BCUT2D eigenvalue weighted by Crippen LogP contribution is 2.37. The number of halogens is 2. The van der Waals surface area contributed by atoms with Crippen molar-refractivity contribution in [3.8, 4) is 22.4 Å². The number of benzene rings is 2. The molecular weight excluding hydrogens is 488 g/mol. The Balaban J connectivity index is 0.000000556. The van der Waals surface area contributed by atoms with Gasteiger partial charge in [0, 0.05) is 40.4 Å². The van der Waals surface area contributed by atoms with Gasteiger partial charge in [0.2, 0.25) is 0 Å². The summed E-state index contributed by atoms with van der Waals surface area (Å²) < 4.78 is 60.0. The molecule has 1 fully saturated rings. The molecule has 3 heterocycles. The molecule has 36 heavy (non-hydrogen) atoms. The Morgan fingerprint density at radius 2 is 1.64 bits per heavy atom. The van der Waals surface area contributed by atoms with Crippen LogP contribution in [0.15, 0.2) is 60.8 Å². The average molecular weight is 514 g/mol. The molecule has 7 nitrogen and oxygen atoms in total. The van der Waals surface area contributed by atoms with E-state index in [-0.39, 0.29) is 5.92 Å². The summed E-state index contributed by atoms with van der Waals surface area (Å²) >= 11 is 0. The third kappa shape index (κ3) is 6.08. The first-order valence-corrected chi connectivity index (χ1v) is 12.7. The third-order valence-electron chi connectivity index (χ3n) is 6.13. The van der Waals surface area contributed by atoms with E-state index >= 15 is 0 Å². The number of aryl methyl sites for hydroxylation is 1. The van der Waals surface area contributed by atoms with Crippen LogP contribution in [0, 0.1) is 18.6 Å². The van der Waals surface area contributed by atoms with Crippen LogP contribution in [0.2, 0.25) is 0 Å². The van der Waals surface area contributed by atoms with Gasteiger partial charge in [-0.25, -0.2) is 8.78 Å². The van der Waals surface area contributed by atoms with Crippen LogP contribution in [0.3, 0.4) is 0 Å². The van der Waals surface area contributed by atoms with Crippen molar-refractivity contribution in [3.05, 3.63) is 83.7 Å². The molecule has 5 rings (SSSR count). The largest absolute Gasteiger partial charge is 0.394 e. The predicted octanol–water partition coefficient (Wildman–Crippen LogP) is 5.36. The lowest BCUT2D eigenvalue weighted by molar-refractivity contribution is 0.381. The summed E-state index contributed by atoms with van der Waals surface area (Å²) in [7, 11) is -4.67. The molecule has 0 amide bonds. The van der Waals surface area contributed by atoms with Gasteiger partial charge in [0.1, 0.15) is 11.6 Å². The Kier molecular flexibility index (Phi) is 7.70. The summed E-state index contributed by atoms with van der Waals surface area (Å²) in [6.45, 7) is 3.91. The van der Waals surface area contributed by atoms with E-state index in [0.717, 1.165) is 71.0 Å². The molecule has 1 saturated heterocycles. The Bertz CT molecular complexity index is 1500. The van der Waals surface area contributed by atoms with Gasteiger partial charge in [-0.2, -0.15) is 8.42 Å². The van der Waals surface area contributed by atoms with E-state index in [1.165, 1.54) is 12.1 Å². The third-order valence-corrected chi connectivity index (χ3v) is 6.13. The Morgan fingerprint density at radius 1 is 0.944 bits per heavy atom. The van der Waals surface area contributed by atoms with E-state index in [1.807, 2.05) is 43.3 Å². The van der Waals surface area contributed by atoms with Gasteiger partial charge in [0.25, 0.3) is 0 Å². The SMILES string of the molecule is Cc1ccccc1-c1nccc2c(-c3ccc(F)cc3F)cc(C3CCNCC3)nc12.O=S(=O)(O)O. The summed E-state index contributed by atoms with van der Waals surface area (Å²) in [5.41, 5.74) is 5.70. The number of aromatic nitrogens is 2. The van der Waals surface area contributed by atoms with Crippen molar-refractivity contribution >= 4 is 21.3 Å². The topological polar surface area (TPSA) is 112 Å². The molecule has 10 heteroatoms. The number of fused-ring (bicyclic) bond motifs is 1. The van der Waals surface area contributed by atoms with Crippen LogP contribution in [0.1, 0.15) is 30.0 Å². The van der Waals surface area contributed by atoms with Crippen LogP contribution in [0.25, 0.3) is 33.3 Å². The Labute approximate surface area is 207 Å². The van der Waals surface area contributed by atoms with Crippen LogP contribution >= 0.6 is 0 Å². The molecule has 1 aliphatic rings. The highest BCUT2D eigenvalue weighted by Gasteiger charge is 2.22. The molecule has 2 aromatic heterocycles. The van der Waals surface area contributed by atoms with Gasteiger partial charge >= 0.3 is 10.4 Å². The van der Waals surface area contributed by atoms with Gasteiger partial charge in [-0.05, 0) is 68.2 Å². The van der Waals surface area contributed by atoms with Crippen molar-refractivity contribution in [2.75, 3.05) is 13.1 Å². The van der Waals surface area contributed by atoms with E-state index in [0.29, 0.717) is 5.56 Å². The van der Waals surface area contributed by atoms with Crippen LogP contribution in [0.4, 0.5) is 8.78 Å². The average Bonchev–Trinajstić information content (AvgIpc) is 2.83. The number of hydrogen-bond acceptors (Lipinski definition) is 5. The summed E-state index contributed by atoms with van der Waals surface area (Å²) in [5, 5.41) is 4.20. The summed E-state index contributed by atoms with van der Waals surface area (Å²) in [4.78, 5) is 9.73. The molecule has 188 valence electrons. The zero-order valence-electron chi connectivity index (χ0n) is 19.4. The minimum absolute atomic E-state index is 0.290. The number of rotatable bonds is 3. The van der Waals surface area contributed by atoms with Crippen LogP contribution in [-0.4, -0.2) is 40.6 Å². The van der Waals surface area contributed by atoms with Crippen molar-refractivity contribution in [3.63, 3.8) is 0 Å². The molecule has 0 spiro atoms. The lowest BCUT2D eigenvalue weighted by Crippen LogP contribution is -2.27. The smallest absolute Gasteiger partial charge is 0.317 e. The molecule has 0 aliphatic carbocycles. The number of nitrogens with one attached hydrogen (secondary N) is 1. The summed E-state index contributed by atoms with van der Waals surface area (Å²) in [5.74, 6) is -0.865. The van der Waals surface area contributed by atoms with Crippen molar-refractivity contribution < 1.29 is 26.3 Å². The van der Waals surface area contributed by atoms with E-state index in [9.17, 15) is 8.78 Å². The Hall–Kier alpha value is -3.31. The quantitative estimate of drug-likeness (QED) is 0.316. The normalized spacial score (nSPS) is 14.4. The standard InChI is InChI=1S/C26H23F2N3.H2O4S/c1-16-4-2-3-5-19(16)25-26-21(10-13-30-25)22(20-7-6-18(27)14-23(20)28)15-24(31-26)17-8-11-29-12-9-17;1-5(2,3)4/h2-7,10,13-15,17,29H,8-9,11-12H2,1H3;(H2,1,2,3,4). The fraction of sp³-hybridized carbons (Fsp3) is 0.231. The molecule has 2 aromatic carbocycles. The maximum Gasteiger partial charge on any atom is 0.394 e. The summed E-state index contributed by atoms with van der Waals surface area (Å²) in [6.07, 6.45) is 3.69. The van der Waals surface area contributed by atoms with Gasteiger partial charge in [-0.15, -0.1) is 0 Å². The fourth-order valence-electron chi connectivity index (χ4n) is 4.46. The molecule has 0 bridgehead atoms. The number of nitrogens with zero attached hydrogens (tertiary/aromatic N) is 2. The first-order chi connectivity index (χ1) is 17.1. The van der Waals surface area contributed by atoms with Crippen molar-refractivity contribution in [1.82, 2.24) is 15.3 Å². The molecule has 0 unspecified atom stereocenters. The first-order valence-electron chi connectivity index (χ1n) is 11.3. The van der Waals surface area contributed by atoms with Crippen molar-refractivity contribution in [1.29, 1.82) is 0 Å². The predicted molar refractivity (Wildman–Crippen MR) is 134 cm³/mol. The zero-order valence-corrected chi connectivity index (χ0v) is 20.3. The Morgan fingerprint density at radius 3 is 2.31 bits per heavy atom. The molecule has 0 atom stereocenters. The van der Waals surface area contributed by atoms with Crippen molar-refractivity contribution in [2.45, 2.75) is 25.7 Å². The number of pyridine rings is 2.